The Hall–Kier alpha value is -2.60. The topological polar surface area (TPSA) is 75.0 Å². The number of aromatic nitrogens is 3. The number of halogens is 1. The number of nitrogens with one attached hydrogen (secondary N) is 1. The molecule has 3 N–H and O–H groups in total. The molecular weight excluding hydrogens is 271 g/mol. The summed E-state index contributed by atoms with van der Waals surface area (Å²) in [4.78, 5) is 20.0. The fraction of sp³-hybridized carbons (Fsp3) is 0.133. The molecule has 1 aromatic carbocycles. The molecule has 0 aliphatic heterocycles. The molecular formula is C15H14FN4O+. The van der Waals surface area contributed by atoms with Gasteiger partial charge in [-0.15, -0.1) is 0 Å². The first-order valence-electron chi connectivity index (χ1n) is 6.52. The van der Waals surface area contributed by atoms with Crippen molar-refractivity contribution in [2.75, 3.05) is 0 Å². The third kappa shape index (κ3) is 2.30. The molecule has 0 amide bonds. The second-order valence-corrected chi connectivity index (χ2v) is 4.82. The van der Waals surface area contributed by atoms with Gasteiger partial charge in [0.05, 0.1) is 16.9 Å². The van der Waals surface area contributed by atoms with E-state index >= 15 is 0 Å². The van der Waals surface area contributed by atoms with E-state index in [2.05, 4.69) is 9.97 Å². The summed E-state index contributed by atoms with van der Waals surface area (Å²) in [5, 5.41) is 0.225. The quantitative estimate of drug-likeness (QED) is 0.772. The van der Waals surface area contributed by atoms with Gasteiger partial charge in [0, 0.05) is 6.07 Å². The van der Waals surface area contributed by atoms with E-state index < -0.39 is 11.9 Å². The van der Waals surface area contributed by atoms with Gasteiger partial charge in [0.2, 0.25) is 0 Å². The van der Waals surface area contributed by atoms with Gasteiger partial charge < -0.3 is 5.73 Å². The summed E-state index contributed by atoms with van der Waals surface area (Å²) in [6, 6.07) is 7.05. The highest BCUT2D eigenvalue weighted by Gasteiger charge is 2.16. The Bertz CT molecular complexity index is 859. The molecule has 3 aromatic rings. The van der Waals surface area contributed by atoms with Crippen LogP contribution in [0.25, 0.3) is 16.6 Å². The van der Waals surface area contributed by atoms with Gasteiger partial charge in [-0.25, -0.2) is 14.4 Å². The standard InChI is InChI=1S/C15H13FN4O/c1-9(17)14-19-13-5-4-10(16)7-12(13)15(21)20(14)11-3-2-6-18-8-11/h2-9H,17H2,1H3/p+1/t9-/m0/s1. The molecule has 21 heavy (non-hydrogen) atoms. The van der Waals surface area contributed by atoms with Crippen molar-refractivity contribution in [3.63, 3.8) is 0 Å². The molecule has 0 aliphatic carbocycles. The first-order valence-corrected chi connectivity index (χ1v) is 6.52. The monoisotopic (exact) mass is 285 g/mol. The third-order valence-electron chi connectivity index (χ3n) is 3.21. The third-order valence-corrected chi connectivity index (χ3v) is 3.21. The minimum atomic E-state index is -0.471. The van der Waals surface area contributed by atoms with Gasteiger partial charge in [-0.05, 0) is 31.2 Å². The van der Waals surface area contributed by atoms with E-state index in [0.29, 0.717) is 17.0 Å². The van der Waals surface area contributed by atoms with Crippen molar-refractivity contribution in [1.29, 1.82) is 0 Å². The van der Waals surface area contributed by atoms with E-state index in [-0.39, 0.29) is 10.9 Å². The van der Waals surface area contributed by atoms with E-state index in [9.17, 15) is 9.18 Å². The van der Waals surface area contributed by atoms with Crippen LogP contribution in [0, 0.1) is 5.82 Å². The van der Waals surface area contributed by atoms with E-state index in [1.54, 1.807) is 31.5 Å². The van der Waals surface area contributed by atoms with Crippen molar-refractivity contribution in [1.82, 2.24) is 9.55 Å². The van der Waals surface area contributed by atoms with Gasteiger partial charge in [-0.1, -0.05) is 0 Å². The largest absolute Gasteiger partial charge is 0.322 e. The lowest BCUT2D eigenvalue weighted by atomic mass is 10.2. The van der Waals surface area contributed by atoms with Gasteiger partial charge >= 0.3 is 0 Å². The zero-order valence-corrected chi connectivity index (χ0v) is 11.4. The maximum Gasteiger partial charge on any atom is 0.266 e. The molecule has 0 spiro atoms. The number of fused-ring (bicyclic) bond motifs is 1. The van der Waals surface area contributed by atoms with Crippen LogP contribution in [0.3, 0.4) is 0 Å². The fourth-order valence-electron chi connectivity index (χ4n) is 2.25. The highest BCUT2D eigenvalue weighted by molar-refractivity contribution is 5.78. The summed E-state index contributed by atoms with van der Waals surface area (Å²) in [5.41, 5.74) is 6.63. The van der Waals surface area contributed by atoms with Crippen molar-refractivity contribution in [3.05, 3.63) is 64.7 Å². The van der Waals surface area contributed by atoms with E-state index in [4.69, 9.17) is 5.73 Å². The molecule has 0 unspecified atom stereocenters. The van der Waals surface area contributed by atoms with E-state index in [0.717, 1.165) is 0 Å². The summed E-state index contributed by atoms with van der Waals surface area (Å²) in [6.45, 7) is 1.75. The Kier molecular flexibility index (Phi) is 3.23. The number of hydrogen-bond donors (Lipinski definition) is 1. The van der Waals surface area contributed by atoms with Crippen LogP contribution < -0.4 is 16.3 Å². The number of hydrogen-bond acceptors (Lipinski definition) is 3. The first-order chi connectivity index (χ1) is 10.1. The molecule has 0 fully saturated rings. The first kappa shape index (κ1) is 13.4. The number of benzene rings is 1. The smallest absolute Gasteiger partial charge is 0.266 e. The summed E-state index contributed by atoms with van der Waals surface area (Å²) >= 11 is 0. The molecule has 1 atom stereocenters. The SMILES string of the molecule is C[C@H](N)c1nc2ccc(F)cc2c(=O)n1-c1ccc[nH+]c1. The predicted molar refractivity (Wildman–Crippen MR) is 76.5 cm³/mol. The van der Waals surface area contributed by atoms with E-state index in [1.165, 1.54) is 22.8 Å². The average molecular weight is 285 g/mol. The number of H-pyrrole nitrogens is 1. The van der Waals surface area contributed by atoms with E-state index in [1.807, 2.05) is 0 Å². The zero-order chi connectivity index (χ0) is 15.0. The van der Waals surface area contributed by atoms with Crippen molar-refractivity contribution >= 4 is 10.9 Å². The molecule has 6 heteroatoms. The molecule has 0 radical (unpaired) electrons. The Morgan fingerprint density at radius 2 is 2.19 bits per heavy atom. The number of pyridine rings is 1. The van der Waals surface area contributed by atoms with Gasteiger partial charge in [-0.3, -0.25) is 9.36 Å². The normalized spacial score (nSPS) is 12.5. The van der Waals surface area contributed by atoms with Gasteiger partial charge in [0.15, 0.2) is 12.4 Å². The molecule has 0 saturated heterocycles. The summed E-state index contributed by atoms with van der Waals surface area (Å²) in [7, 11) is 0. The highest BCUT2D eigenvalue weighted by atomic mass is 19.1. The molecule has 3 rings (SSSR count). The molecule has 0 bridgehead atoms. The Morgan fingerprint density at radius 3 is 2.86 bits per heavy atom. The van der Waals surface area contributed by atoms with Crippen molar-refractivity contribution in [3.8, 4) is 5.69 Å². The van der Waals surface area contributed by atoms with Crippen molar-refractivity contribution < 1.29 is 9.37 Å². The van der Waals surface area contributed by atoms with Crippen molar-refractivity contribution in [2.24, 2.45) is 5.73 Å². The fourth-order valence-corrected chi connectivity index (χ4v) is 2.25. The molecule has 5 nitrogen and oxygen atoms in total. The van der Waals surface area contributed by atoms with Crippen LogP contribution in [0.1, 0.15) is 18.8 Å². The van der Waals surface area contributed by atoms with Gasteiger partial charge in [-0.2, -0.15) is 0 Å². The van der Waals surface area contributed by atoms with Crippen LogP contribution in [0.5, 0.6) is 0 Å². The van der Waals surface area contributed by atoms with Crippen LogP contribution in [0.4, 0.5) is 4.39 Å². The van der Waals surface area contributed by atoms with Crippen molar-refractivity contribution in [2.45, 2.75) is 13.0 Å². The molecule has 106 valence electrons. The molecule has 0 aliphatic rings. The predicted octanol–water partition coefficient (Wildman–Crippen LogP) is 1.36. The lowest BCUT2D eigenvalue weighted by Gasteiger charge is -2.14. The lowest BCUT2D eigenvalue weighted by molar-refractivity contribution is -0.377. The number of rotatable bonds is 2. The molecule has 2 aromatic heterocycles. The Labute approximate surface area is 119 Å². The summed E-state index contributed by atoms with van der Waals surface area (Å²) < 4.78 is 14.8. The van der Waals surface area contributed by atoms with Crippen LogP contribution in [0.2, 0.25) is 0 Å². The summed E-state index contributed by atoms with van der Waals surface area (Å²) in [5.74, 6) is -0.0418. The Balaban J connectivity index is 2.43. The van der Waals surface area contributed by atoms with Gasteiger partial charge in [0.25, 0.3) is 5.56 Å². The maximum atomic E-state index is 13.4. The zero-order valence-electron chi connectivity index (χ0n) is 11.4. The number of aromatic amines is 1. The van der Waals surface area contributed by atoms with Crippen LogP contribution in [0.15, 0.2) is 47.5 Å². The maximum absolute atomic E-state index is 13.4. The Morgan fingerprint density at radius 1 is 1.38 bits per heavy atom. The molecule has 2 heterocycles. The lowest BCUT2D eigenvalue weighted by Crippen LogP contribution is -2.28. The van der Waals surface area contributed by atoms with Crippen LogP contribution >= 0.6 is 0 Å². The summed E-state index contributed by atoms with van der Waals surface area (Å²) in [6.07, 6.45) is 3.40. The van der Waals surface area contributed by atoms with Crippen LogP contribution in [-0.4, -0.2) is 9.55 Å². The number of nitrogens with two attached hydrogens (primary N) is 1. The van der Waals surface area contributed by atoms with Gasteiger partial charge in [0.1, 0.15) is 17.3 Å². The minimum Gasteiger partial charge on any atom is -0.322 e. The highest BCUT2D eigenvalue weighted by Crippen LogP contribution is 2.16. The second kappa shape index (κ2) is 5.06. The second-order valence-electron chi connectivity index (χ2n) is 4.82. The average Bonchev–Trinajstić information content (AvgIpc) is 2.48. The molecule has 0 saturated carbocycles. The number of nitrogens with zero attached hydrogens (tertiary/aromatic N) is 2. The van der Waals surface area contributed by atoms with Crippen LogP contribution in [-0.2, 0) is 0 Å². The minimum absolute atomic E-state index is 0.225.